The third kappa shape index (κ3) is 2.43. The Morgan fingerprint density at radius 3 is 2.42 bits per heavy atom. The summed E-state index contributed by atoms with van der Waals surface area (Å²) in [5.41, 5.74) is 8.25. The Morgan fingerprint density at radius 2 is 1.79 bits per heavy atom. The van der Waals surface area contributed by atoms with Gasteiger partial charge in [-0.25, -0.2) is 0 Å². The lowest BCUT2D eigenvalue weighted by Gasteiger charge is -2.13. The number of ether oxygens (including phenoxy) is 1. The first-order chi connectivity index (χ1) is 11.7. The van der Waals surface area contributed by atoms with Crippen LogP contribution in [-0.4, -0.2) is 16.7 Å². The number of nitrogen functional groups attached to an aromatic ring is 1. The summed E-state index contributed by atoms with van der Waals surface area (Å²) in [6, 6.07) is 15.4. The first-order valence-electron chi connectivity index (χ1n) is 7.11. The fraction of sp³-hybridized carbons (Fsp3) is 0.0556. The topological polar surface area (TPSA) is 101 Å². The Bertz CT molecular complexity index is 978. The monoisotopic (exact) mass is 315 g/mol. The van der Waals surface area contributed by atoms with E-state index in [-0.39, 0.29) is 22.8 Å². The van der Waals surface area contributed by atoms with E-state index in [9.17, 15) is 10.5 Å². The Balaban J connectivity index is 2.30. The maximum Gasteiger partial charge on any atom is 0.234 e. The molecule has 2 heterocycles. The van der Waals surface area contributed by atoms with E-state index in [0.29, 0.717) is 11.1 Å². The van der Waals surface area contributed by atoms with Crippen molar-refractivity contribution in [2.75, 3.05) is 12.8 Å². The summed E-state index contributed by atoms with van der Waals surface area (Å²) in [5.74, 6) is 0.144. The molecular formula is C18H13N5O. The van der Waals surface area contributed by atoms with Crippen molar-refractivity contribution in [3.8, 4) is 34.8 Å². The van der Waals surface area contributed by atoms with Crippen molar-refractivity contribution in [3.05, 3.63) is 59.9 Å². The number of aromatic nitrogens is 2. The summed E-state index contributed by atoms with van der Waals surface area (Å²) < 4.78 is 7.09. The van der Waals surface area contributed by atoms with Crippen LogP contribution in [0.2, 0.25) is 0 Å². The third-order valence-corrected chi connectivity index (χ3v) is 3.65. The molecule has 0 radical (unpaired) electrons. The molecule has 3 rings (SSSR count). The maximum absolute atomic E-state index is 9.53. The van der Waals surface area contributed by atoms with Gasteiger partial charge in [-0.15, -0.1) is 0 Å². The highest BCUT2D eigenvalue weighted by Crippen LogP contribution is 2.35. The van der Waals surface area contributed by atoms with Crippen LogP contribution >= 0.6 is 0 Å². The van der Waals surface area contributed by atoms with Crippen molar-refractivity contribution in [1.29, 1.82) is 10.5 Å². The Hall–Kier alpha value is -3.77. The normalized spacial score (nSPS) is 9.96. The number of benzene rings is 1. The van der Waals surface area contributed by atoms with Crippen LogP contribution in [0, 0.1) is 22.7 Å². The molecule has 0 bridgehead atoms. The van der Waals surface area contributed by atoms with E-state index in [1.165, 1.54) is 7.11 Å². The number of nitrogens with two attached hydrogens (primary N) is 1. The molecule has 0 aliphatic heterocycles. The summed E-state index contributed by atoms with van der Waals surface area (Å²) in [4.78, 5) is 4.00. The SMILES string of the molecule is COc1nc(N)c(C#N)c(-c2cccc(-n3cccc3)c2)c1C#N. The van der Waals surface area contributed by atoms with E-state index in [1.54, 1.807) is 0 Å². The molecule has 2 N–H and O–H groups in total. The summed E-state index contributed by atoms with van der Waals surface area (Å²) in [7, 11) is 1.41. The fourth-order valence-corrected chi connectivity index (χ4v) is 2.56. The van der Waals surface area contributed by atoms with E-state index in [1.807, 2.05) is 59.4 Å². The van der Waals surface area contributed by atoms with Gasteiger partial charge in [0.1, 0.15) is 29.1 Å². The lowest BCUT2D eigenvalue weighted by Crippen LogP contribution is -2.04. The van der Waals surface area contributed by atoms with Crippen LogP contribution in [0.4, 0.5) is 5.82 Å². The molecule has 0 aliphatic rings. The molecule has 0 fully saturated rings. The van der Waals surface area contributed by atoms with Gasteiger partial charge in [-0.1, -0.05) is 12.1 Å². The minimum absolute atomic E-state index is 0.0368. The second-order valence-corrected chi connectivity index (χ2v) is 5.00. The largest absolute Gasteiger partial charge is 0.480 e. The number of hydrogen-bond acceptors (Lipinski definition) is 5. The molecular weight excluding hydrogens is 302 g/mol. The number of rotatable bonds is 3. The van der Waals surface area contributed by atoms with Gasteiger partial charge in [-0.05, 0) is 29.8 Å². The van der Waals surface area contributed by atoms with E-state index < -0.39 is 0 Å². The zero-order valence-corrected chi connectivity index (χ0v) is 12.9. The molecule has 6 heteroatoms. The molecule has 0 atom stereocenters. The van der Waals surface area contributed by atoms with Gasteiger partial charge in [0.05, 0.1) is 7.11 Å². The Labute approximate surface area is 139 Å². The molecule has 0 amide bonds. The maximum atomic E-state index is 9.53. The van der Waals surface area contributed by atoms with Crippen LogP contribution in [-0.2, 0) is 0 Å². The number of pyridine rings is 1. The van der Waals surface area contributed by atoms with E-state index in [0.717, 1.165) is 5.69 Å². The zero-order chi connectivity index (χ0) is 17.1. The van der Waals surface area contributed by atoms with Crippen molar-refractivity contribution < 1.29 is 4.74 Å². The van der Waals surface area contributed by atoms with Crippen LogP contribution in [0.5, 0.6) is 5.88 Å². The molecule has 0 saturated carbocycles. The lowest BCUT2D eigenvalue weighted by atomic mass is 9.96. The number of hydrogen-bond donors (Lipinski definition) is 1. The van der Waals surface area contributed by atoms with Gasteiger partial charge in [0.25, 0.3) is 0 Å². The highest BCUT2D eigenvalue weighted by Gasteiger charge is 2.20. The third-order valence-electron chi connectivity index (χ3n) is 3.65. The van der Waals surface area contributed by atoms with Gasteiger partial charge < -0.3 is 15.0 Å². The minimum atomic E-state index is 0.0368. The van der Waals surface area contributed by atoms with Gasteiger partial charge in [0.2, 0.25) is 5.88 Å². The molecule has 0 aliphatic carbocycles. The van der Waals surface area contributed by atoms with Gasteiger partial charge in [-0.3, -0.25) is 0 Å². The minimum Gasteiger partial charge on any atom is -0.480 e. The van der Waals surface area contributed by atoms with Gasteiger partial charge >= 0.3 is 0 Å². The van der Waals surface area contributed by atoms with Crippen molar-refractivity contribution in [2.45, 2.75) is 0 Å². The summed E-state index contributed by atoms with van der Waals surface area (Å²) in [6.45, 7) is 0. The molecule has 116 valence electrons. The van der Waals surface area contributed by atoms with Crippen molar-refractivity contribution in [1.82, 2.24) is 9.55 Å². The molecule has 2 aromatic heterocycles. The van der Waals surface area contributed by atoms with Crippen LogP contribution in [0.3, 0.4) is 0 Å². The van der Waals surface area contributed by atoms with Crippen LogP contribution < -0.4 is 10.5 Å². The summed E-state index contributed by atoms with van der Waals surface area (Å²) in [6.07, 6.45) is 3.83. The van der Waals surface area contributed by atoms with Gasteiger partial charge in [0.15, 0.2) is 0 Å². The molecule has 3 aromatic rings. The smallest absolute Gasteiger partial charge is 0.234 e. The predicted octanol–water partition coefficient (Wildman–Crippen LogP) is 2.87. The second kappa shape index (κ2) is 6.15. The van der Waals surface area contributed by atoms with Gasteiger partial charge in [0, 0.05) is 23.6 Å². The van der Waals surface area contributed by atoms with Crippen LogP contribution in [0.1, 0.15) is 11.1 Å². The fourth-order valence-electron chi connectivity index (χ4n) is 2.56. The predicted molar refractivity (Wildman–Crippen MR) is 89.4 cm³/mol. The standard InChI is InChI=1S/C18H13N5O/c1-24-18-15(11-20)16(14(10-19)17(21)22-18)12-5-4-6-13(9-12)23-7-2-3-8-23/h2-9H,1H3,(H2,21,22). The molecule has 0 unspecified atom stereocenters. The van der Waals surface area contributed by atoms with Crippen molar-refractivity contribution in [2.24, 2.45) is 0 Å². The van der Waals surface area contributed by atoms with E-state index in [4.69, 9.17) is 10.5 Å². The number of anilines is 1. The summed E-state index contributed by atoms with van der Waals surface area (Å²) >= 11 is 0. The molecule has 0 spiro atoms. The molecule has 6 nitrogen and oxygen atoms in total. The van der Waals surface area contributed by atoms with E-state index >= 15 is 0 Å². The number of nitrogens with zero attached hydrogens (tertiary/aromatic N) is 4. The summed E-state index contributed by atoms with van der Waals surface area (Å²) in [5, 5.41) is 19.0. The number of methoxy groups -OCH3 is 1. The van der Waals surface area contributed by atoms with Crippen LogP contribution in [0.15, 0.2) is 48.8 Å². The van der Waals surface area contributed by atoms with Crippen LogP contribution in [0.25, 0.3) is 16.8 Å². The number of nitriles is 2. The molecule has 0 saturated heterocycles. The van der Waals surface area contributed by atoms with E-state index in [2.05, 4.69) is 11.1 Å². The average molecular weight is 315 g/mol. The van der Waals surface area contributed by atoms with Crippen molar-refractivity contribution >= 4 is 5.82 Å². The Morgan fingerprint density at radius 1 is 1.08 bits per heavy atom. The average Bonchev–Trinajstić information content (AvgIpc) is 3.15. The second-order valence-electron chi connectivity index (χ2n) is 5.00. The quantitative estimate of drug-likeness (QED) is 0.801. The van der Waals surface area contributed by atoms with Crippen molar-refractivity contribution in [3.63, 3.8) is 0 Å². The first-order valence-corrected chi connectivity index (χ1v) is 7.11. The highest BCUT2D eigenvalue weighted by atomic mass is 16.5. The lowest BCUT2D eigenvalue weighted by molar-refractivity contribution is 0.397. The zero-order valence-electron chi connectivity index (χ0n) is 12.9. The molecule has 1 aromatic carbocycles. The van der Waals surface area contributed by atoms with Gasteiger partial charge in [-0.2, -0.15) is 15.5 Å². The Kier molecular flexibility index (Phi) is 3.88. The first kappa shape index (κ1) is 15.1. The molecule has 24 heavy (non-hydrogen) atoms. The highest BCUT2D eigenvalue weighted by molar-refractivity contribution is 5.83.